The van der Waals surface area contributed by atoms with E-state index in [4.69, 9.17) is 9.47 Å². The first-order valence-corrected chi connectivity index (χ1v) is 12.6. The van der Waals surface area contributed by atoms with Gasteiger partial charge < -0.3 is 19.5 Å². The molecule has 0 saturated carbocycles. The fourth-order valence-corrected chi connectivity index (χ4v) is 3.71. The van der Waals surface area contributed by atoms with E-state index in [0.717, 1.165) is 16.8 Å². The number of benzene rings is 3. The number of hydrogen-bond donors (Lipinski definition) is 1. The molecule has 3 aromatic carbocycles. The predicted octanol–water partition coefficient (Wildman–Crippen LogP) is 7.27. The topological polar surface area (TPSA) is 135 Å². The largest absolute Gasteiger partial charge is 0.494 e. The molecule has 206 valence electrons. The van der Waals surface area contributed by atoms with Crippen LogP contribution in [-0.4, -0.2) is 49.5 Å². The summed E-state index contributed by atoms with van der Waals surface area (Å²) in [6.07, 6.45) is 0.149. The van der Waals surface area contributed by atoms with Crippen LogP contribution in [0.4, 0.5) is 34.1 Å². The molecular weight excluding hydrogens is 500 g/mol. The lowest BCUT2D eigenvalue weighted by molar-refractivity contribution is -0.384. The Morgan fingerprint density at radius 1 is 0.923 bits per heavy atom. The van der Waals surface area contributed by atoms with Crippen molar-refractivity contribution in [3.8, 4) is 5.75 Å². The molecule has 0 aromatic heterocycles. The van der Waals surface area contributed by atoms with E-state index in [9.17, 15) is 15.2 Å². The van der Waals surface area contributed by atoms with Gasteiger partial charge in [0, 0.05) is 30.9 Å². The molecule has 0 fully saturated rings. The zero-order valence-corrected chi connectivity index (χ0v) is 22.9. The Morgan fingerprint density at radius 2 is 1.62 bits per heavy atom. The second-order valence-corrected chi connectivity index (χ2v) is 9.11. The van der Waals surface area contributed by atoms with E-state index in [1.807, 2.05) is 49.9 Å². The highest BCUT2D eigenvalue weighted by molar-refractivity contribution is 5.64. The van der Waals surface area contributed by atoms with Crippen LogP contribution in [-0.2, 0) is 4.74 Å². The van der Waals surface area contributed by atoms with Gasteiger partial charge in [-0.3, -0.25) is 10.1 Å². The summed E-state index contributed by atoms with van der Waals surface area (Å²) >= 11 is 0. The maximum absolute atomic E-state index is 11.4. The number of nitro benzene ring substituents is 1. The molecule has 11 nitrogen and oxygen atoms in total. The van der Waals surface area contributed by atoms with Gasteiger partial charge in [-0.2, -0.15) is 5.11 Å². The van der Waals surface area contributed by atoms with Gasteiger partial charge in [0.1, 0.15) is 11.4 Å². The van der Waals surface area contributed by atoms with Crippen LogP contribution in [0.5, 0.6) is 5.75 Å². The molecule has 0 aliphatic carbocycles. The van der Waals surface area contributed by atoms with Crippen molar-refractivity contribution in [1.82, 2.24) is 0 Å². The lowest BCUT2D eigenvalue weighted by Gasteiger charge is -2.24. The molecule has 0 bridgehead atoms. The van der Waals surface area contributed by atoms with E-state index in [-0.39, 0.29) is 24.1 Å². The quantitative estimate of drug-likeness (QED) is 0.139. The Kier molecular flexibility index (Phi) is 10.6. The standard InChI is InChI=1S/C28H34N6O5/c1-19(2)39-15-13-33(12-14-35)23-9-7-22(8-10-23)29-32-26-17-21(4)25(18-28(26)38-5)31-30-24-11-6-20(3)16-27(24)34(36)37/h6-11,16-19,35H,12-15H2,1-5H3. The minimum atomic E-state index is -0.476. The average molecular weight is 535 g/mol. The first-order valence-electron chi connectivity index (χ1n) is 12.6. The third-order valence-corrected chi connectivity index (χ3v) is 5.76. The van der Waals surface area contributed by atoms with E-state index >= 15 is 0 Å². The van der Waals surface area contributed by atoms with Gasteiger partial charge in [0.05, 0.1) is 42.7 Å². The van der Waals surface area contributed by atoms with Crippen molar-refractivity contribution >= 4 is 34.1 Å². The molecule has 0 aliphatic rings. The van der Waals surface area contributed by atoms with E-state index < -0.39 is 4.92 Å². The van der Waals surface area contributed by atoms with E-state index in [0.29, 0.717) is 42.5 Å². The van der Waals surface area contributed by atoms with Gasteiger partial charge in [0.2, 0.25) is 0 Å². The van der Waals surface area contributed by atoms with Gasteiger partial charge in [-0.15, -0.1) is 15.3 Å². The van der Waals surface area contributed by atoms with Crippen LogP contribution in [0.15, 0.2) is 75.1 Å². The van der Waals surface area contributed by atoms with E-state index in [1.165, 1.54) is 13.2 Å². The lowest BCUT2D eigenvalue weighted by atomic mass is 10.1. The number of nitro groups is 1. The molecule has 39 heavy (non-hydrogen) atoms. The van der Waals surface area contributed by atoms with Gasteiger partial charge >= 0.3 is 0 Å². The monoisotopic (exact) mass is 534 g/mol. The number of aliphatic hydroxyl groups excluding tert-OH is 1. The maximum Gasteiger partial charge on any atom is 0.296 e. The number of ether oxygens (including phenoxy) is 2. The van der Waals surface area contributed by atoms with Gasteiger partial charge in [-0.1, -0.05) is 6.07 Å². The normalized spacial score (nSPS) is 11.6. The smallest absolute Gasteiger partial charge is 0.296 e. The Bertz CT molecular complexity index is 1320. The number of aliphatic hydroxyl groups is 1. The highest BCUT2D eigenvalue weighted by Crippen LogP contribution is 2.37. The van der Waals surface area contributed by atoms with Crippen molar-refractivity contribution in [2.75, 3.05) is 38.3 Å². The van der Waals surface area contributed by atoms with Crippen LogP contribution in [0.1, 0.15) is 25.0 Å². The van der Waals surface area contributed by atoms with Crippen molar-refractivity contribution in [1.29, 1.82) is 0 Å². The first-order chi connectivity index (χ1) is 18.7. The summed E-state index contributed by atoms with van der Waals surface area (Å²) in [7, 11) is 1.52. The first kappa shape index (κ1) is 29.3. The summed E-state index contributed by atoms with van der Waals surface area (Å²) in [6, 6.07) is 15.8. The second kappa shape index (κ2) is 14.1. The number of rotatable bonds is 13. The molecule has 0 saturated heterocycles. The van der Waals surface area contributed by atoms with Crippen LogP contribution in [0.2, 0.25) is 0 Å². The average Bonchev–Trinajstić information content (AvgIpc) is 2.91. The molecule has 0 spiro atoms. The molecule has 3 rings (SSSR count). The van der Waals surface area contributed by atoms with Crippen molar-refractivity contribution < 1.29 is 19.5 Å². The summed E-state index contributed by atoms with van der Waals surface area (Å²) in [5.74, 6) is 0.438. The van der Waals surface area contributed by atoms with Gasteiger partial charge in [-0.25, -0.2) is 0 Å². The predicted molar refractivity (Wildman–Crippen MR) is 151 cm³/mol. The van der Waals surface area contributed by atoms with Crippen molar-refractivity contribution in [3.63, 3.8) is 0 Å². The summed E-state index contributed by atoms with van der Waals surface area (Å²) in [4.78, 5) is 12.9. The SMILES string of the molecule is COc1cc(N=Nc2ccc(C)cc2[N+](=O)[O-])c(C)cc1N=Nc1ccc(N(CCO)CCOC(C)C)cc1. The number of azo groups is 2. The Hall–Kier alpha value is -4.22. The Labute approximate surface area is 228 Å². The summed E-state index contributed by atoms with van der Waals surface area (Å²) < 4.78 is 11.1. The second-order valence-electron chi connectivity index (χ2n) is 9.11. The van der Waals surface area contributed by atoms with Crippen LogP contribution in [0.25, 0.3) is 0 Å². The maximum atomic E-state index is 11.4. The van der Waals surface area contributed by atoms with E-state index in [2.05, 4.69) is 20.5 Å². The highest BCUT2D eigenvalue weighted by atomic mass is 16.6. The molecule has 0 radical (unpaired) electrons. The molecule has 0 heterocycles. The highest BCUT2D eigenvalue weighted by Gasteiger charge is 2.14. The fraction of sp³-hybridized carbons (Fsp3) is 0.357. The summed E-state index contributed by atoms with van der Waals surface area (Å²) in [5, 5.41) is 37.8. The Morgan fingerprint density at radius 3 is 2.26 bits per heavy atom. The molecule has 0 atom stereocenters. The third kappa shape index (κ3) is 8.39. The van der Waals surface area contributed by atoms with Gasteiger partial charge in [0.25, 0.3) is 5.69 Å². The third-order valence-electron chi connectivity index (χ3n) is 5.76. The molecule has 0 unspecified atom stereocenters. The van der Waals surface area contributed by atoms with Crippen LogP contribution in [0.3, 0.4) is 0 Å². The van der Waals surface area contributed by atoms with E-state index in [1.54, 1.807) is 31.2 Å². The number of aryl methyl sites for hydroxylation is 2. The molecular formula is C28H34N6O5. The molecule has 1 N–H and O–H groups in total. The minimum Gasteiger partial charge on any atom is -0.494 e. The lowest BCUT2D eigenvalue weighted by Crippen LogP contribution is -2.30. The Balaban J connectivity index is 1.77. The number of methoxy groups -OCH3 is 1. The van der Waals surface area contributed by atoms with Crippen LogP contribution < -0.4 is 9.64 Å². The van der Waals surface area contributed by atoms with Crippen molar-refractivity contribution in [2.24, 2.45) is 20.5 Å². The zero-order valence-electron chi connectivity index (χ0n) is 22.9. The molecule has 0 amide bonds. The fourth-order valence-electron chi connectivity index (χ4n) is 3.71. The van der Waals surface area contributed by atoms with Crippen LogP contribution >= 0.6 is 0 Å². The summed E-state index contributed by atoms with van der Waals surface area (Å²) in [5.41, 5.74) is 4.18. The molecule has 0 aliphatic heterocycles. The molecule has 11 heteroatoms. The van der Waals surface area contributed by atoms with Gasteiger partial charge in [0.15, 0.2) is 5.69 Å². The van der Waals surface area contributed by atoms with Crippen LogP contribution in [0, 0.1) is 24.0 Å². The number of nitrogens with zero attached hydrogens (tertiary/aromatic N) is 6. The molecule has 3 aromatic rings. The minimum absolute atomic E-state index is 0.0414. The van der Waals surface area contributed by atoms with Crippen molar-refractivity contribution in [2.45, 2.75) is 33.8 Å². The van der Waals surface area contributed by atoms with Gasteiger partial charge in [-0.05, 0) is 75.2 Å². The number of hydrogen-bond acceptors (Lipinski definition) is 10. The van der Waals surface area contributed by atoms with Crippen molar-refractivity contribution in [3.05, 3.63) is 75.8 Å². The number of anilines is 1. The zero-order chi connectivity index (χ0) is 28.4. The summed E-state index contributed by atoms with van der Waals surface area (Å²) in [6.45, 7) is 9.37.